The lowest BCUT2D eigenvalue weighted by Gasteiger charge is -2.60. The largest absolute Gasteiger partial charge is 0.457 e. The normalized spacial score (nSPS) is 16.6. The number of nitrogens with zero attached hydrogens (tertiary/aromatic N) is 8. The van der Waals surface area contributed by atoms with Crippen molar-refractivity contribution in [3.8, 4) is 11.5 Å². The van der Waals surface area contributed by atoms with Gasteiger partial charge < -0.3 is 14.5 Å². The third kappa shape index (κ3) is 4.08. The molecule has 2 aliphatic heterocycles. The van der Waals surface area contributed by atoms with Crippen molar-refractivity contribution in [2.75, 3.05) is 38.1 Å². The Bertz CT molecular complexity index is 1490. The van der Waals surface area contributed by atoms with E-state index in [1.54, 1.807) is 10.8 Å². The molecule has 0 amide bonds. The third-order valence-corrected chi connectivity index (χ3v) is 6.74. The Hall–Kier alpha value is -3.98. The van der Waals surface area contributed by atoms with Crippen LogP contribution in [-0.4, -0.2) is 67.3 Å². The van der Waals surface area contributed by atoms with Crippen molar-refractivity contribution < 1.29 is 4.74 Å². The molecule has 1 aromatic carbocycles. The highest BCUT2D eigenvalue weighted by atomic mass is 16.5. The summed E-state index contributed by atoms with van der Waals surface area (Å²) in [7, 11) is 2.19. The highest BCUT2D eigenvalue weighted by molar-refractivity contribution is 5.74. The minimum absolute atomic E-state index is 0.568. The molecule has 2 aliphatic rings. The topological polar surface area (TPSA) is 76.1 Å². The van der Waals surface area contributed by atoms with E-state index in [1.165, 1.54) is 43.8 Å². The van der Waals surface area contributed by atoms with Crippen molar-refractivity contribution in [1.82, 2.24) is 34.1 Å². The smallest absolute Gasteiger partial charge is 0.158 e. The molecule has 9 heteroatoms. The van der Waals surface area contributed by atoms with Crippen LogP contribution >= 0.6 is 0 Å². The van der Waals surface area contributed by atoms with Gasteiger partial charge in [0.05, 0.1) is 11.9 Å². The second-order valence-electron chi connectivity index (χ2n) is 9.76. The maximum atomic E-state index is 5.86. The number of likely N-dealkylation sites (tertiary alicyclic amines) is 1. The van der Waals surface area contributed by atoms with Crippen LogP contribution in [-0.2, 0) is 0 Å². The summed E-state index contributed by atoms with van der Waals surface area (Å²) < 4.78 is 9.45. The maximum Gasteiger partial charge on any atom is 0.158 e. The summed E-state index contributed by atoms with van der Waals surface area (Å²) in [5.74, 6) is 1.63. The highest BCUT2D eigenvalue weighted by Gasteiger charge is 2.50. The molecule has 0 radical (unpaired) electrons. The summed E-state index contributed by atoms with van der Waals surface area (Å²) in [6, 6.07) is 12.0. The van der Waals surface area contributed by atoms with Gasteiger partial charge in [-0.15, -0.1) is 0 Å². The van der Waals surface area contributed by atoms with Crippen LogP contribution in [0.2, 0.25) is 0 Å². The van der Waals surface area contributed by atoms with Gasteiger partial charge in [-0.3, -0.25) is 0 Å². The maximum absolute atomic E-state index is 5.86. The number of hydrogen-bond donors (Lipinski definition) is 0. The van der Waals surface area contributed by atoms with Gasteiger partial charge in [0, 0.05) is 50.1 Å². The fourth-order valence-electron chi connectivity index (χ4n) is 5.24. The molecule has 0 atom stereocenters. The van der Waals surface area contributed by atoms with E-state index in [-0.39, 0.29) is 0 Å². The molecule has 0 saturated carbocycles. The average Bonchev–Trinajstić information content (AvgIpc) is 3.44. The summed E-state index contributed by atoms with van der Waals surface area (Å²) in [5, 5.41) is 8.24. The zero-order valence-corrected chi connectivity index (χ0v) is 20.2. The summed E-state index contributed by atoms with van der Waals surface area (Å²) in [5.41, 5.74) is 6.07. The Morgan fingerprint density at radius 3 is 2.49 bits per heavy atom. The Balaban J connectivity index is 0.000000131. The lowest BCUT2D eigenvalue weighted by molar-refractivity contribution is -0.00224. The number of anilines is 1. The lowest BCUT2D eigenvalue weighted by Crippen LogP contribution is -2.71. The molecule has 0 aliphatic carbocycles. The molecule has 0 bridgehead atoms. The van der Waals surface area contributed by atoms with Crippen LogP contribution in [0.25, 0.3) is 11.2 Å². The van der Waals surface area contributed by atoms with E-state index >= 15 is 0 Å². The Kier molecular flexibility index (Phi) is 5.14. The molecule has 9 nitrogen and oxygen atoms in total. The van der Waals surface area contributed by atoms with Crippen molar-refractivity contribution in [3.63, 3.8) is 0 Å². The van der Waals surface area contributed by atoms with E-state index in [4.69, 9.17) is 4.74 Å². The van der Waals surface area contributed by atoms with Crippen LogP contribution in [0.15, 0.2) is 67.6 Å². The van der Waals surface area contributed by atoms with Gasteiger partial charge in [-0.2, -0.15) is 10.2 Å². The van der Waals surface area contributed by atoms with Gasteiger partial charge in [0.25, 0.3) is 0 Å². The molecule has 2 saturated heterocycles. The van der Waals surface area contributed by atoms with Gasteiger partial charge >= 0.3 is 0 Å². The monoisotopic (exact) mass is 468 g/mol. The summed E-state index contributed by atoms with van der Waals surface area (Å²) in [6.45, 7) is 8.94. The quantitative estimate of drug-likeness (QED) is 0.400. The number of aromatic nitrogens is 6. The van der Waals surface area contributed by atoms with Gasteiger partial charge in [-0.05, 0) is 44.7 Å². The first-order valence-corrected chi connectivity index (χ1v) is 11.7. The van der Waals surface area contributed by atoms with Gasteiger partial charge in [0.15, 0.2) is 5.65 Å². The second kappa shape index (κ2) is 8.35. The minimum Gasteiger partial charge on any atom is -0.457 e. The predicted octanol–water partition coefficient (Wildman–Crippen LogP) is 3.62. The van der Waals surface area contributed by atoms with Crippen molar-refractivity contribution in [2.45, 2.75) is 13.8 Å². The predicted molar refractivity (Wildman–Crippen MR) is 134 cm³/mol. The molecule has 4 aromatic heterocycles. The molecule has 6 heterocycles. The molecular weight excluding hydrogens is 440 g/mol. The van der Waals surface area contributed by atoms with Crippen molar-refractivity contribution in [3.05, 3.63) is 78.8 Å². The van der Waals surface area contributed by atoms with Crippen molar-refractivity contribution in [2.24, 2.45) is 5.41 Å². The first kappa shape index (κ1) is 21.5. The Morgan fingerprint density at radius 1 is 0.886 bits per heavy atom. The van der Waals surface area contributed by atoms with Crippen LogP contribution in [0, 0.1) is 19.3 Å². The van der Waals surface area contributed by atoms with Crippen molar-refractivity contribution in [1.29, 1.82) is 0 Å². The first-order valence-electron chi connectivity index (χ1n) is 11.7. The summed E-state index contributed by atoms with van der Waals surface area (Å²) >= 11 is 0. The number of hydrogen-bond acceptors (Lipinski definition) is 7. The highest BCUT2D eigenvalue weighted by Crippen LogP contribution is 2.42. The SMILES string of the molecule is CN1CC2(C1)CN(c1ccn3ncncc13)C2.Cc1ccc(Oc2ccn3ncnc3c2)c(C)c1. The minimum atomic E-state index is 0.568. The number of ether oxygens (including phenoxy) is 1. The molecule has 1 spiro atoms. The molecule has 7 rings (SSSR count). The van der Waals surface area contributed by atoms with E-state index in [0.29, 0.717) is 5.41 Å². The fourth-order valence-corrected chi connectivity index (χ4v) is 5.24. The second-order valence-corrected chi connectivity index (χ2v) is 9.76. The molecular formula is C26H28N8O. The van der Waals surface area contributed by atoms with Crippen molar-refractivity contribution >= 4 is 16.9 Å². The lowest BCUT2D eigenvalue weighted by atomic mass is 9.73. The van der Waals surface area contributed by atoms with E-state index in [2.05, 4.69) is 56.1 Å². The van der Waals surface area contributed by atoms with Crippen LogP contribution in [0.3, 0.4) is 0 Å². The zero-order chi connectivity index (χ0) is 24.0. The van der Waals surface area contributed by atoms with Crippen LogP contribution in [0.4, 0.5) is 5.69 Å². The van der Waals surface area contributed by atoms with Crippen LogP contribution in [0.5, 0.6) is 11.5 Å². The van der Waals surface area contributed by atoms with Crippen LogP contribution < -0.4 is 9.64 Å². The van der Waals surface area contributed by atoms with Gasteiger partial charge in [-0.25, -0.2) is 19.0 Å². The molecule has 0 N–H and O–H groups in total. The van der Waals surface area contributed by atoms with E-state index in [1.807, 2.05) is 54.3 Å². The molecule has 178 valence electrons. The first-order chi connectivity index (χ1) is 17.0. The van der Waals surface area contributed by atoms with Gasteiger partial charge in [0.1, 0.15) is 29.7 Å². The van der Waals surface area contributed by atoms with E-state index in [9.17, 15) is 0 Å². The third-order valence-electron chi connectivity index (χ3n) is 6.74. The van der Waals surface area contributed by atoms with Crippen LogP contribution in [0.1, 0.15) is 11.1 Å². The Labute approximate surface area is 203 Å². The summed E-state index contributed by atoms with van der Waals surface area (Å²) in [6.07, 6.45) is 8.83. The van der Waals surface area contributed by atoms with Gasteiger partial charge in [-0.1, -0.05) is 17.7 Å². The number of aryl methyl sites for hydroxylation is 2. The summed E-state index contributed by atoms with van der Waals surface area (Å²) in [4.78, 5) is 13.1. The molecule has 0 unspecified atom stereocenters. The fraction of sp³-hybridized carbons (Fsp3) is 0.308. The molecule has 5 aromatic rings. The van der Waals surface area contributed by atoms with E-state index in [0.717, 1.165) is 28.2 Å². The van der Waals surface area contributed by atoms with Gasteiger partial charge in [0.2, 0.25) is 0 Å². The molecule has 2 fully saturated rings. The number of fused-ring (bicyclic) bond motifs is 2. The number of rotatable bonds is 3. The number of pyridine rings is 1. The Morgan fingerprint density at radius 2 is 1.69 bits per heavy atom. The number of benzene rings is 1. The average molecular weight is 469 g/mol. The standard InChI is InChI=1S/C14H13N3O.C12H15N5/c1-10-3-4-13(11(2)7-10)18-12-5-6-17-14(8-12)15-9-16-17;1-15-5-12(6-15)7-16(8-12)10-2-3-17-11(10)4-13-9-14-17/h3-9H,1-2H3;2-4,9H,5-8H2,1H3. The zero-order valence-electron chi connectivity index (χ0n) is 20.2. The molecule has 35 heavy (non-hydrogen) atoms. The van der Waals surface area contributed by atoms with E-state index < -0.39 is 0 Å².